The lowest BCUT2D eigenvalue weighted by atomic mass is 9.95. The SMILES string of the molecule is Cc1cc(-c2ncnc3[nH]c(-c4ccc(N5CCN(CC6CCN(c7ccc(N8CCC(=O)NC8=O)cc7)CC6)CC5)cc4)cc23)ccc1CNC(=O)c1cnn(C(C)(C)C)c1. The van der Waals surface area contributed by atoms with Gasteiger partial charge in [0.1, 0.15) is 12.0 Å². The van der Waals surface area contributed by atoms with Crippen molar-refractivity contribution in [2.45, 2.75) is 59.0 Å². The van der Waals surface area contributed by atoms with Gasteiger partial charge in [-0.2, -0.15) is 5.10 Å². The zero-order valence-electron chi connectivity index (χ0n) is 36.0. The molecule has 3 aromatic heterocycles. The van der Waals surface area contributed by atoms with E-state index < -0.39 is 0 Å². The van der Waals surface area contributed by atoms with Crippen molar-refractivity contribution in [1.29, 1.82) is 0 Å². The van der Waals surface area contributed by atoms with Gasteiger partial charge in [-0.05, 0) is 112 Å². The van der Waals surface area contributed by atoms with Crippen molar-refractivity contribution in [3.63, 3.8) is 0 Å². The van der Waals surface area contributed by atoms with Crippen LogP contribution in [0.15, 0.2) is 91.5 Å². The molecule has 6 heterocycles. The Balaban J connectivity index is 0.759. The number of rotatable bonds is 10. The number of H-pyrrole nitrogens is 1. The Kier molecular flexibility index (Phi) is 11.3. The van der Waals surface area contributed by atoms with Crippen LogP contribution in [-0.4, -0.2) is 99.8 Å². The first-order chi connectivity index (χ1) is 29.9. The summed E-state index contributed by atoms with van der Waals surface area (Å²) < 4.78 is 1.80. The van der Waals surface area contributed by atoms with Crippen LogP contribution in [0.1, 0.15) is 61.5 Å². The van der Waals surface area contributed by atoms with Gasteiger partial charge in [-0.15, -0.1) is 0 Å². The predicted octanol–water partition coefficient (Wildman–Crippen LogP) is 6.97. The first-order valence-corrected chi connectivity index (χ1v) is 21.8. The van der Waals surface area contributed by atoms with Crippen molar-refractivity contribution in [3.05, 3.63) is 108 Å². The van der Waals surface area contributed by atoms with Crippen LogP contribution in [0, 0.1) is 12.8 Å². The third kappa shape index (κ3) is 8.78. The highest BCUT2D eigenvalue weighted by Gasteiger charge is 2.27. The highest BCUT2D eigenvalue weighted by atomic mass is 16.2. The van der Waals surface area contributed by atoms with Crippen molar-refractivity contribution in [1.82, 2.24) is 40.3 Å². The van der Waals surface area contributed by atoms with Crippen molar-refractivity contribution < 1.29 is 14.4 Å². The minimum absolute atomic E-state index is 0.147. The number of benzene rings is 3. The summed E-state index contributed by atoms with van der Waals surface area (Å²) in [6, 6.07) is 25.0. The smallest absolute Gasteiger partial charge is 0.328 e. The van der Waals surface area contributed by atoms with Crippen LogP contribution in [0.25, 0.3) is 33.5 Å². The van der Waals surface area contributed by atoms with Crippen LogP contribution in [0.2, 0.25) is 0 Å². The number of piperazine rings is 1. The molecule has 6 aromatic rings. The summed E-state index contributed by atoms with van der Waals surface area (Å²) in [7, 11) is 0. The average molecular weight is 834 g/mol. The van der Waals surface area contributed by atoms with Gasteiger partial charge in [0.05, 0.1) is 23.0 Å². The number of carbonyl (C=O) groups is 3. The van der Waals surface area contributed by atoms with Gasteiger partial charge in [-0.1, -0.05) is 24.3 Å². The largest absolute Gasteiger partial charge is 0.372 e. The zero-order chi connectivity index (χ0) is 43.0. The molecule has 3 saturated heterocycles. The molecular formula is C48H55N11O3. The van der Waals surface area contributed by atoms with E-state index in [0.29, 0.717) is 31.0 Å². The van der Waals surface area contributed by atoms with Crippen LogP contribution >= 0.6 is 0 Å². The van der Waals surface area contributed by atoms with E-state index in [-0.39, 0.29) is 23.4 Å². The Morgan fingerprint density at radius 1 is 0.806 bits per heavy atom. The van der Waals surface area contributed by atoms with Gasteiger partial charge < -0.3 is 20.1 Å². The fourth-order valence-electron chi connectivity index (χ4n) is 8.88. The molecule has 14 heteroatoms. The maximum atomic E-state index is 12.9. The summed E-state index contributed by atoms with van der Waals surface area (Å²) in [6.45, 7) is 16.4. The standard InChI is InChI=1S/C48H55N11O3/c1-32-25-35(5-6-36(32)27-49-46(61)37-28-52-59(30-37)48(2,3)4)44-41-26-42(53-45(41)51-31-50-44)34-7-9-38(10-8-34)57-23-21-55(22-24-57)29-33-15-18-56(19-16-33)39-11-13-40(14-12-39)58-20-17-43(60)54-47(58)62/h5-14,25-26,28,30-31,33H,15-24,27,29H2,1-4H3,(H,49,61)(H,50,51,53)(H,54,60,62). The molecule has 3 aromatic carbocycles. The van der Waals surface area contributed by atoms with Crippen molar-refractivity contribution in [3.8, 4) is 22.5 Å². The minimum atomic E-state index is -0.347. The molecule has 0 atom stereocenters. The molecule has 3 aliphatic rings. The third-order valence-corrected chi connectivity index (χ3v) is 12.6. The van der Waals surface area contributed by atoms with E-state index in [1.807, 2.05) is 12.1 Å². The fraction of sp³-hybridized carbons (Fsp3) is 0.375. The number of amides is 4. The van der Waals surface area contributed by atoms with Gasteiger partial charge in [0.25, 0.3) is 5.91 Å². The van der Waals surface area contributed by atoms with E-state index >= 15 is 0 Å². The molecule has 3 aliphatic heterocycles. The van der Waals surface area contributed by atoms with Gasteiger partial charge in [0.2, 0.25) is 5.91 Å². The Morgan fingerprint density at radius 3 is 2.16 bits per heavy atom. The number of anilines is 3. The molecule has 4 amide bonds. The summed E-state index contributed by atoms with van der Waals surface area (Å²) in [5.41, 5.74) is 10.5. The number of hydrogen-bond acceptors (Lipinski definition) is 9. The fourth-order valence-corrected chi connectivity index (χ4v) is 8.88. The van der Waals surface area contributed by atoms with Crippen LogP contribution in [0.4, 0.5) is 21.9 Å². The lowest BCUT2D eigenvalue weighted by molar-refractivity contribution is -0.120. The lowest BCUT2D eigenvalue weighted by Gasteiger charge is -2.40. The molecule has 0 bridgehead atoms. The second kappa shape index (κ2) is 17.1. The van der Waals surface area contributed by atoms with E-state index in [1.54, 1.807) is 28.3 Å². The number of aromatic amines is 1. The van der Waals surface area contributed by atoms with Gasteiger partial charge >= 0.3 is 6.03 Å². The Labute approximate surface area is 362 Å². The van der Waals surface area contributed by atoms with Crippen LogP contribution in [0.5, 0.6) is 0 Å². The van der Waals surface area contributed by atoms with E-state index in [2.05, 4.69) is 129 Å². The number of aromatic nitrogens is 5. The van der Waals surface area contributed by atoms with Crippen molar-refractivity contribution in [2.24, 2.45) is 5.92 Å². The number of aryl methyl sites for hydroxylation is 1. The Hall–Kier alpha value is -6.54. The minimum Gasteiger partial charge on any atom is -0.372 e. The number of imide groups is 1. The van der Waals surface area contributed by atoms with Crippen molar-refractivity contribution >= 4 is 45.9 Å². The summed E-state index contributed by atoms with van der Waals surface area (Å²) in [6.07, 6.45) is 7.67. The molecule has 3 fully saturated rings. The maximum Gasteiger partial charge on any atom is 0.328 e. The van der Waals surface area contributed by atoms with E-state index in [9.17, 15) is 14.4 Å². The predicted molar refractivity (Wildman–Crippen MR) is 243 cm³/mol. The van der Waals surface area contributed by atoms with Crippen LogP contribution < -0.4 is 25.3 Å². The molecule has 9 rings (SSSR count). The number of urea groups is 1. The number of hydrogen-bond donors (Lipinski definition) is 3. The van der Waals surface area contributed by atoms with Gasteiger partial charge in [0, 0.05) is 105 Å². The molecule has 0 aliphatic carbocycles. The summed E-state index contributed by atoms with van der Waals surface area (Å²) in [5.74, 6) is 0.324. The number of piperidine rings is 1. The molecular weight excluding hydrogens is 779 g/mol. The highest BCUT2D eigenvalue weighted by Crippen LogP contribution is 2.33. The normalized spacial score (nSPS) is 16.9. The topological polar surface area (TPSA) is 148 Å². The summed E-state index contributed by atoms with van der Waals surface area (Å²) >= 11 is 0. The quantitative estimate of drug-likeness (QED) is 0.133. The second-order valence-corrected chi connectivity index (χ2v) is 17.9. The Morgan fingerprint density at radius 2 is 1.48 bits per heavy atom. The summed E-state index contributed by atoms with van der Waals surface area (Å²) in [4.78, 5) is 58.7. The van der Waals surface area contributed by atoms with E-state index in [1.165, 1.54) is 24.2 Å². The first kappa shape index (κ1) is 40.8. The molecule has 3 N–H and O–H groups in total. The molecule has 320 valence electrons. The first-order valence-electron chi connectivity index (χ1n) is 21.8. The summed E-state index contributed by atoms with van der Waals surface area (Å²) in [5, 5.41) is 10.8. The number of nitrogens with one attached hydrogen (secondary N) is 3. The highest BCUT2D eigenvalue weighted by molar-refractivity contribution is 6.05. The van der Waals surface area contributed by atoms with Gasteiger partial charge in [-0.3, -0.25) is 29.4 Å². The van der Waals surface area contributed by atoms with Gasteiger partial charge in [-0.25, -0.2) is 14.8 Å². The number of nitrogens with zero attached hydrogens (tertiary/aromatic N) is 8. The number of carbonyl (C=O) groups excluding carboxylic acids is 3. The second-order valence-electron chi connectivity index (χ2n) is 17.9. The maximum absolute atomic E-state index is 12.9. The molecule has 0 spiro atoms. The zero-order valence-corrected chi connectivity index (χ0v) is 36.0. The van der Waals surface area contributed by atoms with E-state index in [4.69, 9.17) is 4.98 Å². The molecule has 14 nitrogen and oxygen atoms in total. The number of fused-ring (bicyclic) bond motifs is 1. The molecule has 0 radical (unpaired) electrons. The van der Waals surface area contributed by atoms with Gasteiger partial charge in [0.15, 0.2) is 0 Å². The molecule has 0 unspecified atom stereocenters. The monoisotopic (exact) mass is 833 g/mol. The van der Waals surface area contributed by atoms with Crippen LogP contribution in [-0.2, 0) is 16.9 Å². The van der Waals surface area contributed by atoms with E-state index in [0.717, 1.165) is 96.2 Å². The van der Waals surface area contributed by atoms with Crippen LogP contribution in [0.3, 0.4) is 0 Å². The average Bonchev–Trinajstić information content (AvgIpc) is 3.96. The van der Waals surface area contributed by atoms with Crippen molar-refractivity contribution in [2.75, 3.05) is 67.1 Å². The molecule has 0 saturated carbocycles. The lowest BCUT2D eigenvalue weighted by Crippen LogP contribution is -2.49. The Bertz CT molecular complexity index is 2580. The molecule has 62 heavy (non-hydrogen) atoms. The third-order valence-electron chi connectivity index (χ3n) is 12.6.